The molecule has 1 rings (SSSR count). The molecule has 6 heteroatoms. The number of nitrogens with one attached hydrogen (secondary N) is 1. The van der Waals surface area contributed by atoms with E-state index < -0.39 is 18.4 Å². The zero-order chi connectivity index (χ0) is 15.2. The molecule has 0 aliphatic heterocycles. The summed E-state index contributed by atoms with van der Waals surface area (Å²) in [5.41, 5.74) is 0.699. The second kappa shape index (κ2) is 7.47. The van der Waals surface area contributed by atoms with Crippen LogP contribution in [0.5, 0.6) is 5.75 Å². The highest BCUT2D eigenvalue weighted by Gasteiger charge is 2.26. The summed E-state index contributed by atoms with van der Waals surface area (Å²) in [4.78, 5) is 0. The molecule has 2 nitrogen and oxygen atoms in total. The van der Waals surface area contributed by atoms with Crippen LogP contribution in [0.15, 0.2) is 18.2 Å². The monoisotopic (exact) mass is 293 g/mol. The zero-order valence-electron chi connectivity index (χ0n) is 11.6. The van der Waals surface area contributed by atoms with Gasteiger partial charge in [-0.3, -0.25) is 0 Å². The maximum atomic E-state index is 13.4. The van der Waals surface area contributed by atoms with Crippen LogP contribution in [-0.4, -0.2) is 18.8 Å². The van der Waals surface area contributed by atoms with Crippen molar-refractivity contribution in [3.8, 4) is 5.75 Å². The minimum absolute atomic E-state index is 0.0833. The summed E-state index contributed by atoms with van der Waals surface area (Å²) in [5.74, 6) is -0.202. The van der Waals surface area contributed by atoms with Gasteiger partial charge in [0.15, 0.2) is 0 Å². The van der Waals surface area contributed by atoms with Crippen LogP contribution in [0.2, 0.25) is 0 Å². The molecule has 0 bridgehead atoms. The molecule has 0 aliphatic rings. The smallest absolute Gasteiger partial charge is 0.389 e. The Morgan fingerprint density at radius 1 is 1.20 bits per heavy atom. The normalized spacial score (nSPS) is 11.9. The van der Waals surface area contributed by atoms with Gasteiger partial charge >= 0.3 is 6.18 Å². The van der Waals surface area contributed by atoms with Crippen LogP contribution in [-0.2, 0) is 6.54 Å². The minimum atomic E-state index is -4.18. The second-order valence-electron chi connectivity index (χ2n) is 4.90. The fourth-order valence-electron chi connectivity index (χ4n) is 1.59. The highest BCUT2D eigenvalue weighted by atomic mass is 19.4. The molecule has 0 saturated heterocycles. The Morgan fingerprint density at radius 3 is 2.50 bits per heavy atom. The summed E-state index contributed by atoms with van der Waals surface area (Å²) < 4.78 is 54.4. The van der Waals surface area contributed by atoms with Crippen molar-refractivity contribution in [3.05, 3.63) is 29.6 Å². The molecule has 20 heavy (non-hydrogen) atoms. The summed E-state index contributed by atoms with van der Waals surface area (Å²) in [7, 11) is 0. The van der Waals surface area contributed by atoms with Gasteiger partial charge in [0.2, 0.25) is 0 Å². The lowest BCUT2D eigenvalue weighted by atomic mass is 10.2. The third kappa shape index (κ3) is 7.33. The van der Waals surface area contributed by atoms with Gasteiger partial charge in [-0.15, -0.1) is 0 Å². The van der Waals surface area contributed by atoms with Crippen molar-refractivity contribution in [1.82, 2.24) is 5.32 Å². The van der Waals surface area contributed by atoms with E-state index in [1.165, 1.54) is 12.1 Å². The van der Waals surface area contributed by atoms with E-state index in [1.54, 1.807) is 6.07 Å². The average molecular weight is 293 g/mol. The second-order valence-corrected chi connectivity index (χ2v) is 4.90. The van der Waals surface area contributed by atoms with E-state index in [1.807, 2.05) is 13.8 Å². The van der Waals surface area contributed by atoms with Gasteiger partial charge in [0.25, 0.3) is 0 Å². The first-order valence-corrected chi connectivity index (χ1v) is 6.48. The van der Waals surface area contributed by atoms with E-state index in [4.69, 9.17) is 4.74 Å². The minimum Gasteiger partial charge on any atom is -0.493 e. The number of ether oxygens (including phenoxy) is 1. The quantitative estimate of drug-likeness (QED) is 0.605. The van der Waals surface area contributed by atoms with Gasteiger partial charge in [-0.25, -0.2) is 4.39 Å². The zero-order valence-corrected chi connectivity index (χ0v) is 11.6. The van der Waals surface area contributed by atoms with Crippen molar-refractivity contribution in [3.63, 3.8) is 0 Å². The Kier molecular flexibility index (Phi) is 6.26. The Hall–Kier alpha value is -1.30. The predicted octanol–water partition coefficient (Wildman–Crippen LogP) is 4.05. The SMILES string of the molecule is CC(C)NCc1cc(F)cc(OCCCC(F)(F)F)c1. The van der Waals surface area contributed by atoms with E-state index in [-0.39, 0.29) is 24.8 Å². The van der Waals surface area contributed by atoms with E-state index in [0.29, 0.717) is 12.1 Å². The van der Waals surface area contributed by atoms with Gasteiger partial charge in [0.1, 0.15) is 11.6 Å². The molecule has 0 aliphatic carbocycles. The number of benzene rings is 1. The van der Waals surface area contributed by atoms with Crippen LogP contribution in [0.1, 0.15) is 32.3 Å². The molecule has 0 saturated carbocycles. The topological polar surface area (TPSA) is 21.3 Å². The first kappa shape index (κ1) is 16.8. The summed E-state index contributed by atoms with van der Waals surface area (Å²) in [6.07, 6.45) is -5.22. The van der Waals surface area contributed by atoms with Gasteiger partial charge in [0.05, 0.1) is 6.61 Å². The van der Waals surface area contributed by atoms with Gasteiger partial charge in [0, 0.05) is 25.1 Å². The van der Waals surface area contributed by atoms with Gasteiger partial charge < -0.3 is 10.1 Å². The van der Waals surface area contributed by atoms with Crippen LogP contribution >= 0.6 is 0 Å². The summed E-state index contributed by atoms with van der Waals surface area (Å²) >= 11 is 0. The van der Waals surface area contributed by atoms with Crippen molar-refractivity contribution in [1.29, 1.82) is 0 Å². The fraction of sp³-hybridized carbons (Fsp3) is 0.571. The van der Waals surface area contributed by atoms with Crippen molar-refractivity contribution in [2.24, 2.45) is 0 Å². The van der Waals surface area contributed by atoms with Crippen LogP contribution in [0.4, 0.5) is 17.6 Å². The molecule has 1 N–H and O–H groups in total. The molecule has 0 unspecified atom stereocenters. The van der Waals surface area contributed by atoms with E-state index in [0.717, 1.165) is 0 Å². The molecular formula is C14H19F4NO. The molecular weight excluding hydrogens is 274 g/mol. The standard InChI is InChI=1S/C14H19F4NO/c1-10(2)19-9-11-6-12(15)8-13(7-11)20-5-3-4-14(16,17)18/h6-8,10,19H,3-5,9H2,1-2H3. The van der Waals surface area contributed by atoms with Gasteiger partial charge in [-0.05, 0) is 24.1 Å². The van der Waals surface area contributed by atoms with Crippen LogP contribution in [0.3, 0.4) is 0 Å². The van der Waals surface area contributed by atoms with Crippen LogP contribution in [0, 0.1) is 5.82 Å². The summed E-state index contributed by atoms with van der Waals surface area (Å²) in [5, 5.41) is 3.13. The fourth-order valence-corrected chi connectivity index (χ4v) is 1.59. The van der Waals surface area contributed by atoms with Crippen molar-refractivity contribution < 1.29 is 22.3 Å². The lowest BCUT2D eigenvalue weighted by molar-refractivity contribution is -0.136. The van der Waals surface area contributed by atoms with Crippen LogP contribution in [0.25, 0.3) is 0 Å². The lowest BCUT2D eigenvalue weighted by Crippen LogP contribution is -2.21. The van der Waals surface area contributed by atoms with E-state index in [2.05, 4.69) is 5.32 Å². The average Bonchev–Trinajstić information content (AvgIpc) is 2.30. The molecule has 114 valence electrons. The predicted molar refractivity (Wildman–Crippen MR) is 69.2 cm³/mol. The summed E-state index contributed by atoms with van der Waals surface area (Å²) in [6, 6.07) is 4.44. The maximum absolute atomic E-state index is 13.4. The number of rotatable bonds is 7. The molecule has 0 fully saturated rings. The number of halogens is 4. The van der Waals surface area contributed by atoms with Crippen LogP contribution < -0.4 is 10.1 Å². The Bertz CT molecular complexity index is 418. The molecule has 0 spiro atoms. The molecule has 0 heterocycles. The molecule has 0 amide bonds. The number of hydrogen-bond donors (Lipinski definition) is 1. The van der Waals surface area contributed by atoms with Gasteiger partial charge in [-0.2, -0.15) is 13.2 Å². The summed E-state index contributed by atoms with van der Waals surface area (Å²) in [6.45, 7) is 4.33. The van der Waals surface area contributed by atoms with Crippen molar-refractivity contribution in [2.75, 3.05) is 6.61 Å². The Balaban J connectivity index is 2.49. The number of hydrogen-bond acceptors (Lipinski definition) is 2. The Morgan fingerprint density at radius 2 is 1.90 bits per heavy atom. The largest absolute Gasteiger partial charge is 0.493 e. The third-order valence-corrected chi connectivity index (χ3v) is 2.52. The van der Waals surface area contributed by atoms with Crippen molar-refractivity contribution >= 4 is 0 Å². The first-order valence-electron chi connectivity index (χ1n) is 6.48. The third-order valence-electron chi connectivity index (χ3n) is 2.52. The van der Waals surface area contributed by atoms with Crippen molar-refractivity contribution in [2.45, 2.75) is 45.5 Å². The molecule has 0 aromatic heterocycles. The van der Waals surface area contributed by atoms with E-state index >= 15 is 0 Å². The molecule has 1 aromatic rings. The maximum Gasteiger partial charge on any atom is 0.389 e. The Labute approximate surface area is 116 Å². The van der Waals surface area contributed by atoms with E-state index in [9.17, 15) is 17.6 Å². The van der Waals surface area contributed by atoms with Gasteiger partial charge in [-0.1, -0.05) is 13.8 Å². The highest BCUT2D eigenvalue weighted by Crippen LogP contribution is 2.22. The molecule has 0 radical (unpaired) electrons. The molecule has 1 aromatic carbocycles. The lowest BCUT2D eigenvalue weighted by Gasteiger charge is -2.11. The number of alkyl halides is 3. The first-order chi connectivity index (χ1) is 9.26. The molecule has 0 atom stereocenters. The highest BCUT2D eigenvalue weighted by molar-refractivity contribution is 5.29.